The minimum absolute atomic E-state index is 0.311. The molecular formula is C9H15N3O2. The van der Waals surface area contributed by atoms with Crippen LogP contribution in [-0.2, 0) is 17.9 Å². The standard InChI is InChI=1S/C9H15N3O2/c1-4-12-6(2)7(5-14-3)8(11-12)9(10)13/h4-5H2,1-3H3,(H2,10,13). The number of primary amides is 1. The lowest BCUT2D eigenvalue weighted by Crippen LogP contribution is -2.14. The van der Waals surface area contributed by atoms with Crippen LogP contribution in [0.5, 0.6) is 0 Å². The minimum Gasteiger partial charge on any atom is -0.380 e. The molecule has 0 aliphatic rings. The van der Waals surface area contributed by atoms with Gasteiger partial charge in [0, 0.05) is 24.9 Å². The molecule has 0 aromatic carbocycles. The number of aromatic nitrogens is 2. The SMILES string of the molecule is CCn1nc(C(N)=O)c(COC)c1C. The van der Waals surface area contributed by atoms with E-state index in [-0.39, 0.29) is 0 Å². The monoisotopic (exact) mass is 197 g/mol. The normalized spacial score (nSPS) is 10.5. The maximum absolute atomic E-state index is 11.1. The third kappa shape index (κ3) is 1.77. The maximum Gasteiger partial charge on any atom is 0.269 e. The van der Waals surface area contributed by atoms with Gasteiger partial charge in [0.2, 0.25) is 0 Å². The van der Waals surface area contributed by atoms with E-state index in [1.54, 1.807) is 11.8 Å². The second-order valence-electron chi connectivity index (χ2n) is 3.03. The first-order valence-corrected chi connectivity index (χ1v) is 4.46. The Labute approximate surface area is 82.8 Å². The van der Waals surface area contributed by atoms with Gasteiger partial charge < -0.3 is 10.5 Å². The molecule has 0 radical (unpaired) electrons. The zero-order valence-corrected chi connectivity index (χ0v) is 8.70. The number of amides is 1. The van der Waals surface area contributed by atoms with Crippen molar-refractivity contribution in [2.24, 2.45) is 5.73 Å². The number of carbonyl (C=O) groups is 1. The second kappa shape index (κ2) is 4.23. The molecule has 14 heavy (non-hydrogen) atoms. The summed E-state index contributed by atoms with van der Waals surface area (Å²) < 4.78 is 6.74. The fraction of sp³-hybridized carbons (Fsp3) is 0.556. The van der Waals surface area contributed by atoms with Crippen molar-refractivity contribution >= 4 is 5.91 Å². The molecule has 0 aliphatic carbocycles. The summed E-state index contributed by atoms with van der Waals surface area (Å²) in [6, 6.07) is 0. The van der Waals surface area contributed by atoms with Crippen molar-refractivity contribution in [2.75, 3.05) is 7.11 Å². The summed E-state index contributed by atoms with van der Waals surface area (Å²) in [5, 5.41) is 4.11. The van der Waals surface area contributed by atoms with Crippen molar-refractivity contribution in [2.45, 2.75) is 27.0 Å². The molecule has 1 amide bonds. The first kappa shape index (κ1) is 10.7. The van der Waals surface area contributed by atoms with Gasteiger partial charge in [-0.3, -0.25) is 9.48 Å². The molecule has 1 aromatic rings. The quantitative estimate of drug-likeness (QED) is 0.762. The lowest BCUT2D eigenvalue weighted by Gasteiger charge is -2.00. The molecule has 0 atom stereocenters. The zero-order valence-electron chi connectivity index (χ0n) is 8.70. The Balaban J connectivity index is 3.20. The van der Waals surface area contributed by atoms with E-state index in [9.17, 15) is 4.79 Å². The number of nitrogens with zero attached hydrogens (tertiary/aromatic N) is 2. The van der Waals surface area contributed by atoms with E-state index < -0.39 is 5.91 Å². The third-order valence-corrected chi connectivity index (χ3v) is 2.15. The first-order chi connectivity index (χ1) is 6.61. The Kier molecular flexibility index (Phi) is 3.24. The highest BCUT2D eigenvalue weighted by Crippen LogP contribution is 2.14. The van der Waals surface area contributed by atoms with Crippen LogP contribution in [0.2, 0.25) is 0 Å². The van der Waals surface area contributed by atoms with Gasteiger partial charge in [0.25, 0.3) is 5.91 Å². The number of ether oxygens (including phenoxy) is 1. The van der Waals surface area contributed by atoms with Crippen LogP contribution in [0.25, 0.3) is 0 Å². The van der Waals surface area contributed by atoms with Crippen molar-refractivity contribution in [1.82, 2.24) is 9.78 Å². The van der Waals surface area contributed by atoms with Crippen LogP contribution < -0.4 is 5.73 Å². The average molecular weight is 197 g/mol. The van der Waals surface area contributed by atoms with Crippen molar-refractivity contribution in [3.8, 4) is 0 Å². The van der Waals surface area contributed by atoms with Gasteiger partial charge in [0.05, 0.1) is 6.61 Å². The number of methoxy groups -OCH3 is 1. The summed E-state index contributed by atoms with van der Waals surface area (Å²) in [5.41, 5.74) is 7.24. The van der Waals surface area contributed by atoms with Gasteiger partial charge >= 0.3 is 0 Å². The maximum atomic E-state index is 11.1. The van der Waals surface area contributed by atoms with Crippen molar-refractivity contribution in [3.05, 3.63) is 17.0 Å². The third-order valence-electron chi connectivity index (χ3n) is 2.15. The van der Waals surface area contributed by atoms with E-state index in [4.69, 9.17) is 10.5 Å². The van der Waals surface area contributed by atoms with Crippen LogP contribution in [0.1, 0.15) is 28.7 Å². The summed E-state index contributed by atoms with van der Waals surface area (Å²) in [5.74, 6) is -0.507. The molecule has 78 valence electrons. The molecular weight excluding hydrogens is 182 g/mol. The summed E-state index contributed by atoms with van der Waals surface area (Å²) >= 11 is 0. The summed E-state index contributed by atoms with van der Waals surface area (Å²) in [4.78, 5) is 11.1. The summed E-state index contributed by atoms with van der Waals surface area (Å²) in [7, 11) is 1.58. The number of hydrogen-bond donors (Lipinski definition) is 1. The molecule has 0 saturated heterocycles. The van der Waals surface area contributed by atoms with Gasteiger partial charge in [-0.05, 0) is 13.8 Å². The highest BCUT2D eigenvalue weighted by Gasteiger charge is 2.17. The molecule has 1 heterocycles. The number of aryl methyl sites for hydroxylation is 1. The molecule has 0 saturated carbocycles. The molecule has 1 rings (SSSR count). The molecule has 5 heteroatoms. The highest BCUT2D eigenvalue weighted by atomic mass is 16.5. The first-order valence-electron chi connectivity index (χ1n) is 4.46. The molecule has 2 N–H and O–H groups in total. The van der Waals surface area contributed by atoms with E-state index in [1.807, 2.05) is 13.8 Å². The van der Waals surface area contributed by atoms with Crippen molar-refractivity contribution in [1.29, 1.82) is 0 Å². The molecule has 0 unspecified atom stereocenters. The van der Waals surface area contributed by atoms with Crippen LogP contribution in [0, 0.1) is 6.92 Å². The Morgan fingerprint density at radius 1 is 1.64 bits per heavy atom. The molecule has 1 aromatic heterocycles. The fourth-order valence-electron chi connectivity index (χ4n) is 1.41. The van der Waals surface area contributed by atoms with Gasteiger partial charge in [-0.15, -0.1) is 0 Å². The Morgan fingerprint density at radius 2 is 2.29 bits per heavy atom. The molecule has 0 aliphatic heterocycles. The predicted octanol–water partition coefficient (Wildman–Crippen LogP) is 0.457. The molecule has 5 nitrogen and oxygen atoms in total. The second-order valence-corrected chi connectivity index (χ2v) is 3.03. The lowest BCUT2D eigenvalue weighted by molar-refractivity contribution is 0.0990. The van der Waals surface area contributed by atoms with E-state index in [0.717, 1.165) is 17.8 Å². The van der Waals surface area contributed by atoms with Crippen molar-refractivity contribution in [3.63, 3.8) is 0 Å². The molecule has 0 fully saturated rings. The number of nitrogens with two attached hydrogens (primary N) is 1. The van der Waals surface area contributed by atoms with Crippen LogP contribution in [0.4, 0.5) is 0 Å². The fourth-order valence-corrected chi connectivity index (χ4v) is 1.41. The van der Waals surface area contributed by atoms with E-state index in [0.29, 0.717) is 12.3 Å². The zero-order chi connectivity index (χ0) is 10.7. The highest BCUT2D eigenvalue weighted by molar-refractivity contribution is 5.92. The largest absolute Gasteiger partial charge is 0.380 e. The number of rotatable bonds is 4. The van der Waals surface area contributed by atoms with E-state index >= 15 is 0 Å². The predicted molar refractivity (Wildman–Crippen MR) is 51.9 cm³/mol. The topological polar surface area (TPSA) is 70.1 Å². The number of carbonyl (C=O) groups excluding carboxylic acids is 1. The Bertz CT molecular complexity index is 344. The Hall–Kier alpha value is -1.36. The van der Waals surface area contributed by atoms with Crippen LogP contribution in [0.3, 0.4) is 0 Å². The van der Waals surface area contributed by atoms with Crippen molar-refractivity contribution < 1.29 is 9.53 Å². The van der Waals surface area contributed by atoms with Gasteiger partial charge in [-0.2, -0.15) is 5.10 Å². The van der Waals surface area contributed by atoms with E-state index in [2.05, 4.69) is 5.10 Å². The van der Waals surface area contributed by atoms with Crippen LogP contribution in [0.15, 0.2) is 0 Å². The van der Waals surface area contributed by atoms with Gasteiger partial charge in [0.15, 0.2) is 5.69 Å². The summed E-state index contributed by atoms with van der Waals surface area (Å²) in [6.45, 7) is 4.94. The van der Waals surface area contributed by atoms with Gasteiger partial charge in [0.1, 0.15) is 0 Å². The Morgan fingerprint density at radius 3 is 2.71 bits per heavy atom. The van der Waals surface area contributed by atoms with Crippen LogP contribution >= 0.6 is 0 Å². The summed E-state index contributed by atoms with van der Waals surface area (Å²) in [6.07, 6.45) is 0. The van der Waals surface area contributed by atoms with Gasteiger partial charge in [-0.1, -0.05) is 0 Å². The lowest BCUT2D eigenvalue weighted by atomic mass is 10.2. The average Bonchev–Trinajstić information content (AvgIpc) is 2.45. The van der Waals surface area contributed by atoms with E-state index in [1.165, 1.54) is 0 Å². The smallest absolute Gasteiger partial charge is 0.269 e. The van der Waals surface area contributed by atoms with Crippen LogP contribution in [-0.4, -0.2) is 22.8 Å². The number of hydrogen-bond acceptors (Lipinski definition) is 3. The molecule has 0 bridgehead atoms. The minimum atomic E-state index is -0.507. The van der Waals surface area contributed by atoms with Gasteiger partial charge in [-0.25, -0.2) is 0 Å². The molecule has 0 spiro atoms.